The van der Waals surface area contributed by atoms with Crippen molar-refractivity contribution < 1.29 is 28.3 Å². The average molecular weight is 318 g/mol. The van der Waals surface area contributed by atoms with E-state index in [2.05, 4.69) is 0 Å². The molecule has 1 spiro atoms. The van der Waals surface area contributed by atoms with Crippen LogP contribution < -0.4 is 9.31 Å². The molecule has 0 amide bonds. The third-order valence-electron chi connectivity index (χ3n) is 5.12. The first kappa shape index (κ1) is 14.1. The molecule has 3 fully saturated rings. The molecular formula is C16H19BO6. The standard InChI is InChI=1S/C16H19BO6/c1-15(2)19-12-13(20-15)16(21-14(12)18-3)8-11(16)17-22-9-6-4-5-7-10(9)23-17/h4-7,11-14H,8H2,1-3H3/t11-,12?,13?,14?,16-/m0/s1. The molecule has 122 valence electrons. The van der Waals surface area contributed by atoms with Crippen LogP contribution in [-0.2, 0) is 18.9 Å². The van der Waals surface area contributed by atoms with Gasteiger partial charge < -0.3 is 28.3 Å². The van der Waals surface area contributed by atoms with Crippen molar-refractivity contribution in [1.29, 1.82) is 0 Å². The molecule has 1 aromatic rings. The Morgan fingerprint density at radius 1 is 1.09 bits per heavy atom. The number of rotatable bonds is 2. The fourth-order valence-electron chi connectivity index (χ4n) is 4.06. The number of fused-ring (bicyclic) bond motifs is 3. The van der Waals surface area contributed by atoms with E-state index in [-0.39, 0.29) is 25.1 Å². The zero-order chi connectivity index (χ0) is 15.8. The molecule has 1 aliphatic carbocycles. The highest BCUT2D eigenvalue weighted by atomic mass is 16.8. The normalized spacial score (nSPS) is 42.3. The highest BCUT2D eigenvalue weighted by molar-refractivity contribution is 6.51. The summed E-state index contributed by atoms with van der Waals surface area (Å²) in [6, 6.07) is 7.71. The maximum absolute atomic E-state index is 6.16. The highest BCUT2D eigenvalue weighted by Gasteiger charge is 2.78. The predicted octanol–water partition coefficient (Wildman–Crippen LogP) is 1.98. The lowest BCUT2D eigenvalue weighted by Gasteiger charge is -2.24. The summed E-state index contributed by atoms with van der Waals surface area (Å²) in [5.74, 6) is 1.03. The lowest BCUT2D eigenvalue weighted by molar-refractivity contribution is -0.232. The largest absolute Gasteiger partial charge is 0.601 e. The van der Waals surface area contributed by atoms with Crippen LogP contribution >= 0.6 is 0 Å². The van der Waals surface area contributed by atoms with Gasteiger partial charge in [0.1, 0.15) is 29.3 Å². The van der Waals surface area contributed by atoms with E-state index in [1.54, 1.807) is 7.11 Å². The fraction of sp³-hybridized carbons (Fsp3) is 0.625. The summed E-state index contributed by atoms with van der Waals surface area (Å²) in [5, 5.41) is 0. The number of hydrogen-bond acceptors (Lipinski definition) is 6. The van der Waals surface area contributed by atoms with Crippen molar-refractivity contribution >= 4 is 7.12 Å². The van der Waals surface area contributed by atoms with Crippen LogP contribution in [0.2, 0.25) is 5.82 Å². The zero-order valence-corrected chi connectivity index (χ0v) is 13.4. The van der Waals surface area contributed by atoms with Gasteiger partial charge in [-0.1, -0.05) is 12.1 Å². The Hall–Kier alpha value is -1.28. The van der Waals surface area contributed by atoms with Gasteiger partial charge >= 0.3 is 7.12 Å². The molecule has 0 bridgehead atoms. The van der Waals surface area contributed by atoms with Crippen molar-refractivity contribution in [3.63, 3.8) is 0 Å². The van der Waals surface area contributed by atoms with Gasteiger partial charge in [-0.15, -0.1) is 0 Å². The summed E-state index contributed by atoms with van der Waals surface area (Å²) in [6.07, 6.45) is 0.00857. The minimum absolute atomic E-state index is 0.0973. The lowest BCUT2D eigenvalue weighted by atomic mass is 9.79. The van der Waals surface area contributed by atoms with Gasteiger partial charge in [0.15, 0.2) is 12.1 Å². The summed E-state index contributed by atoms with van der Waals surface area (Å²) in [5.41, 5.74) is -0.453. The van der Waals surface area contributed by atoms with Gasteiger partial charge in [0.05, 0.1) is 5.82 Å². The Morgan fingerprint density at radius 2 is 1.78 bits per heavy atom. The van der Waals surface area contributed by atoms with Crippen molar-refractivity contribution in [1.82, 2.24) is 0 Å². The van der Waals surface area contributed by atoms with Crippen LogP contribution in [0.25, 0.3) is 0 Å². The predicted molar refractivity (Wildman–Crippen MR) is 80.3 cm³/mol. The maximum atomic E-state index is 6.16. The number of benzene rings is 1. The van der Waals surface area contributed by atoms with Crippen LogP contribution in [0.5, 0.6) is 11.5 Å². The molecule has 6 nitrogen and oxygen atoms in total. The van der Waals surface area contributed by atoms with Crippen LogP contribution in [0.3, 0.4) is 0 Å². The smallest absolute Gasteiger partial charge is 0.523 e. The second kappa shape index (κ2) is 4.42. The van der Waals surface area contributed by atoms with Gasteiger partial charge in [-0.25, -0.2) is 0 Å². The number of hydrogen-bond donors (Lipinski definition) is 0. The number of para-hydroxylation sites is 2. The minimum atomic E-state index is -0.629. The van der Waals surface area contributed by atoms with E-state index in [9.17, 15) is 0 Å². The van der Waals surface area contributed by atoms with Crippen molar-refractivity contribution in [3.8, 4) is 11.5 Å². The molecule has 0 radical (unpaired) electrons. The number of ether oxygens (including phenoxy) is 4. The molecule has 2 saturated heterocycles. The summed E-state index contributed by atoms with van der Waals surface area (Å²) < 4.78 is 35.6. The first-order chi connectivity index (χ1) is 11.0. The Labute approximate surface area is 135 Å². The van der Waals surface area contributed by atoms with E-state index in [0.29, 0.717) is 0 Å². The molecular weight excluding hydrogens is 299 g/mol. The third kappa shape index (κ3) is 1.91. The minimum Gasteiger partial charge on any atom is -0.523 e. The van der Waals surface area contributed by atoms with Crippen molar-refractivity contribution in [2.24, 2.45) is 0 Å². The highest BCUT2D eigenvalue weighted by Crippen LogP contribution is 2.65. The summed E-state index contributed by atoms with van der Waals surface area (Å²) in [6.45, 7) is 3.84. The topological polar surface area (TPSA) is 55.4 Å². The number of methoxy groups -OCH3 is 1. The first-order valence-electron chi connectivity index (χ1n) is 8.01. The van der Waals surface area contributed by atoms with E-state index in [1.807, 2.05) is 38.1 Å². The van der Waals surface area contributed by atoms with Crippen LogP contribution in [0.1, 0.15) is 20.3 Å². The van der Waals surface area contributed by atoms with Gasteiger partial charge in [0.2, 0.25) is 0 Å². The van der Waals surface area contributed by atoms with Crippen LogP contribution in [0.15, 0.2) is 24.3 Å². The molecule has 3 heterocycles. The molecule has 5 atom stereocenters. The molecule has 1 saturated carbocycles. The van der Waals surface area contributed by atoms with Gasteiger partial charge in [-0.2, -0.15) is 0 Å². The monoisotopic (exact) mass is 318 g/mol. The van der Waals surface area contributed by atoms with Crippen LogP contribution in [0, 0.1) is 0 Å². The summed E-state index contributed by atoms with van der Waals surface area (Å²) >= 11 is 0. The quantitative estimate of drug-likeness (QED) is 0.777. The lowest BCUT2D eigenvalue weighted by Crippen LogP contribution is -2.37. The molecule has 23 heavy (non-hydrogen) atoms. The first-order valence-corrected chi connectivity index (χ1v) is 8.01. The van der Waals surface area contributed by atoms with Crippen molar-refractivity contribution in [2.75, 3.05) is 7.11 Å². The Morgan fingerprint density at radius 3 is 2.43 bits per heavy atom. The van der Waals surface area contributed by atoms with Crippen LogP contribution in [0.4, 0.5) is 0 Å². The van der Waals surface area contributed by atoms with Gasteiger partial charge in [0, 0.05) is 7.11 Å². The molecule has 0 N–H and O–H groups in total. The molecule has 4 aliphatic rings. The van der Waals surface area contributed by atoms with E-state index in [4.69, 9.17) is 28.3 Å². The Bertz CT molecular complexity index is 626. The summed E-state index contributed by atoms with van der Waals surface area (Å²) in [7, 11) is 1.28. The van der Waals surface area contributed by atoms with E-state index >= 15 is 0 Å². The average Bonchev–Trinajstić information content (AvgIpc) is 2.80. The third-order valence-corrected chi connectivity index (χ3v) is 5.12. The molecule has 0 aromatic heterocycles. The molecule has 3 aliphatic heterocycles. The van der Waals surface area contributed by atoms with E-state index < -0.39 is 17.7 Å². The maximum Gasteiger partial charge on any atom is 0.601 e. The van der Waals surface area contributed by atoms with Crippen LogP contribution in [-0.4, -0.2) is 44.1 Å². The van der Waals surface area contributed by atoms with Gasteiger partial charge in [-0.05, 0) is 32.4 Å². The molecule has 1 aromatic carbocycles. The SMILES string of the molecule is COC1O[C@]2(C[C@@H]2B2Oc3ccccc3O2)C2OC(C)(C)OC12. The second-order valence-corrected chi connectivity index (χ2v) is 7.06. The van der Waals surface area contributed by atoms with E-state index in [1.165, 1.54) is 0 Å². The Balaban J connectivity index is 1.39. The Kier molecular flexibility index (Phi) is 2.71. The van der Waals surface area contributed by atoms with Gasteiger partial charge in [0.25, 0.3) is 0 Å². The molecule has 7 heteroatoms. The second-order valence-electron chi connectivity index (χ2n) is 7.06. The van der Waals surface area contributed by atoms with Crippen molar-refractivity contribution in [3.05, 3.63) is 24.3 Å². The molecule has 5 rings (SSSR count). The zero-order valence-electron chi connectivity index (χ0n) is 13.4. The van der Waals surface area contributed by atoms with Gasteiger partial charge in [-0.3, -0.25) is 0 Å². The fourth-order valence-corrected chi connectivity index (χ4v) is 4.06. The van der Waals surface area contributed by atoms with E-state index in [0.717, 1.165) is 17.9 Å². The summed E-state index contributed by atoms with van der Waals surface area (Å²) in [4.78, 5) is 0. The molecule has 3 unspecified atom stereocenters. The van der Waals surface area contributed by atoms with Crippen molar-refractivity contribution in [2.45, 2.75) is 56.0 Å².